The average Bonchev–Trinajstić information content (AvgIpc) is 2.59. The summed E-state index contributed by atoms with van der Waals surface area (Å²) in [5.74, 6) is 1.33. The molecule has 0 spiro atoms. The predicted octanol–water partition coefficient (Wildman–Crippen LogP) is 0.780. The molecule has 0 saturated carbocycles. The number of amides is 1. The van der Waals surface area contributed by atoms with Gasteiger partial charge in [0, 0.05) is 19.3 Å². The smallest absolute Gasteiger partial charge is 0.243 e. The van der Waals surface area contributed by atoms with E-state index in [4.69, 9.17) is 10.00 Å². The maximum absolute atomic E-state index is 12.2. The van der Waals surface area contributed by atoms with Crippen molar-refractivity contribution in [2.24, 2.45) is 5.92 Å². The van der Waals surface area contributed by atoms with E-state index in [1.807, 2.05) is 26.0 Å². The van der Waals surface area contributed by atoms with E-state index in [-0.39, 0.29) is 12.5 Å². The molecule has 1 amide bonds. The first kappa shape index (κ1) is 17.9. The Morgan fingerprint density at radius 3 is 2.88 bits per heavy atom. The second-order valence-corrected chi connectivity index (χ2v) is 6.04. The molecule has 8 nitrogen and oxygen atoms in total. The van der Waals surface area contributed by atoms with Gasteiger partial charge in [-0.15, -0.1) is 0 Å². The van der Waals surface area contributed by atoms with E-state index < -0.39 is 6.04 Å². The molecule has 1 aliphatic rings. The van der Waals surface area contributed by atoms with E-state index in [1.54, 1.807) is 6.20 Å². The molecular weight excluding hydrogens is 308 g/mol. The van der Waals surface area contributed by atoms with E-state index in [0.29, 0.717) is 31.5 Å². The SMILES string of the molecule is CC(C)C[C@H](Nc1nccc(N2CCOCC2)n1)C(=O)NCC#N. The topological polar surface area (TPSA) is 103 Å². The standard InChI is InChI=1S/C16H24N6O2/c1-12(2)11-13(15(23)18-6-4-17)20-16-19-5-3-14(21-16)22-7-9-24-10-8-22/h3,5,12-13H,6-11H2,1-2H3,(H,18,23)(H,19,20,21)/t13-/m0/s1. The Labute approximate surface area is 142 Å². The van der Waals surface area contributed by atoms with Crippen LogP contribution < -0.4 is 15.5 Å². The lowest BCUT2D eigenvalue weighted by Gasteiger charge is -2.28. The van der Waals surface area contributed by atoms with Crippen molar-refractivity contribution in [1.82, 2.24) is 15.3 Å². The van der Waals surface area contributed by atoms with Gasteiger partial charge in [0.2, 0.25) is 11.9 Å². The number of hydrogen-bond acceptors (Lipinski definition) is 7. The molecule has 24 heavy (non-hydrogen) atoms. The van der Waals surface area contributed by atoms with E-state index >= 15 is 0 Å². The van der Waals surface area contributed by atoms with Gasteiger partial charge in [0.15, 0.2) is 0 Å². The highest BCUT2D eigenvalue weighted by molar-refractivity contribution is 5.84. The normalized spacial score (nSPS) is 15.7. The Kier molecular flexibility index (Phi) is 6.75. The molecular formula is C16H24N6O2. The minimum atomic E-state index is -0.474. The molecule has 0 radical (unpaired) electrons. The maximum Gasteiger partial charge on any atom is 0.243 e. The Morgan fingerprint density at radius 1 is 1.46 bits per heavy atom. The Balaban J connectivity index is 2.07. The van der Waals surface area contributed by atoms with Gasteiger partial charge in [-0.3, -0.25) is 4.79 Å². The minimum Gasteiger partial charge on any atom is -0.378 e. The number of carbonyl (C=O) groups is 1. The number of morpholine rings is 1. The zero-order valence-corrected chi connectivity index (χ0v) is 14.2. The predicted molar refractivity (Wildman–Crippen MR) is 90.6 cm³/mol. The van der Waals surface area contributed by atoms with E-state index in [2.05, 4.69) is 25.5 Å². The van der Waals surface area contributed by atoms with Crippen LogP contribution in [0.1, 0.15) is 20.3 Å². The first-order valence-corrected chi connectivity index (χ1v) is 8.17. The summed E-state index contributed by atoms with van der Waals surface area (Å²) in [5, 5.41) is 14.3. The van der Waals surface area contributed by atoms with Crippen LogP contribution in [0.2, 0.25) is 0 Å². The summed E-state index contributed by atoms with van der Waals surface area (Å²) in [5.41, 5.74) is 0. The van der Waals surface area contributed by atoms with Crippen LogP contribution >= 0.6 is 0 Å². The second-order valence-electron chi connectivity index (χ2n) is 6.04. The van der Waals surface area contributed by atoms with Crippen LogP contribution in [0.5, 0.6) is 0 Å². The molecule has 1 aliphatic heterocycles. The van der Waals surface area contributed by atoms with Crippen LogP contribution in [0.15, 0.2) is 12.3 Å². The molecule has 1 fully saturated rings. The van der Waals surface area contributed by atoms with Gasteiger partial charge in [0.25, 0.3) is 0 Å². The highest BCUT2D eigenvalue weighted by atomic mass is 16.5. The Bertz CT molecular complexity index is 580. The third-order valence-corrected chi connectivity index (χ3v) is 3.64. The molecule has 0 bridgehead atoms. The van der Waals surface area contributed by atoms with Gasteiger partial charge >= 0.3 is 0 Å². The number of aromatic nitrogens is 2. The van der Waals surface area contributed by atoms with Gasteiger partial charge in [-0.05, 0) is 18.4 Å². The molecule has 8 heteroatoms. The number of nitrogens with one attached hydrogen (secondary N) is 2. The van der Waals surface area contributed by atoms with Crippen molar-refractivity contribution in [3.63, 3.8) is 0 Å². The third kappa shape index (κ3) is 5.35. The number of ether oxygens (including phenoxy) is 1. The third-order valence-electron chi connectivity index (χ3n) is 3.64. The Hall–Kier alpha value is -2.40. The summed E-state index contributed by atoms with van der Waals surface area (Å²) in [7, 11) is 0. The van der Waals surface area contributed by atoms with Crippen molar-refractivity contribution >= 4 is 17.7 Å². The highest BCUT2D eigenvalue weighted by Crippen LogP contribution is 2.16. The summed E-state index contributed by atoms with van der Waals surface area (Å²) in [4.78, 5) is 23.1. The van der Waals surface area contributed by atoms with Gasteiger partial charge in [0.05, 0.1) is 19.3 Å². The molecule has 2 heterocycles. The second kappa shape index (κ2) is 9.03. The molecule has 2 rings (SSSR count). The lowest BCUT2D eigenvalue weighted by molar-refractivity contribution is -0.121. The van der Waals surface area contributed by atoms with Crippen LogP contribution in [0.25, 0.3) is 0 Å². The van der Waals surface area contributed by atoms with Crippen molar-refractivity contribution in [1.29, 1.82) is 5.26 Å². The fraction of sp³-hybridized carbons (Fsp3) is 0.625. The highest BCUT2D eigenvalue weighted by Gasteiger charge is 2.21. The van der Waals surface area contributed by atoms with Crippen LogP contribution in [0.3, 0.4) is 0 Å². The van der Waals surface area contributed by atoms with Crippen LogP contribution in [-0.4, -0.2) is 54.8 Å². The van der Waals surface area contributed by atoms with Gasteiger partial charge in [0.1, 0.15) is 18.4 Å². The fourth-order valence-corrected chi connectivity index (χ4v) is 2.50. The molecule has 0 aromatic carbocycles. The number of nitriles is 1. The first-order valence-electron chi connectivity index (χ1n) is 8.17. The van der Waals surface area contributed by atoms with Crippen molar-refractivity contribution < 1.29 is 9.53 Å². The fourth-order valence-electron chi connectivity index (χ4n) is 2.50. The van der Waals surface area contributed by atoms with Crippen LogP contribution in [0, 0.1) is 17.2 Å². The van der Waals surface area contributed by atoms with E-state index in [0.717, 1.165) is 18.9 Å². The van der Waals surface area contributed by atoms with Gasteiger partial charge < -0.3 is 20.3 Å². The lowest BCUT2D eigenvalue weighted by atomic mass is 10.0. The molecule has 2 N–H and O–H groups in total. The molecule has 1 aromatic rings. The monoisotopic (exact) mass is 332 g/mol. The number of carbonyl (C=O) groups excluding carboxylic acids is 1. The molecule has 0 aliphatic carbocycles. The summed E-state index contributed by atoms with van der Waals surface area (Å²) in [6.45, 7) is 7.00. The number of hydrogen-bond donors (Lipinski definition) is 2. The van der Waals surface area contributed by atoms with Crippen molar-refractivity contribution in [3.05, 3.63) is 12.3 Å². The van der Waals surface area contributed by atoms with Gasteiger partial charge in [-0.25, -0.2) is 4.98 Å². The van der Waals surface area contributed by atoms with E-state index in [9.17, 15) is 4.79 Å². The van der Waals surface area contributed by atoms with Crippen LogP contribution in [-0.2, 0) is 9.53 Å². The van der Waals surface area contributed by atoms with Gasteiger partial charge in [-0.2, -0.15) is 10.2 Å². The van der Waals surface area contributed by atoms with Gasteiger partial charge in [-0.1, -0.05) is 13.8 Å². The summed E-state index contributed by atoms with van der Waals surface area (Å²) < 4.78 is 5.35. The largest absolute Gasteiger partial charge is 0.378 e. The van der Waals surface area contributed by atoms with Crippen molar-refractivity contribution in [2.75, 3.05) is 43.1 Å². The van der Waals surface area contributed by atoms with Crippen LogP contribution in [0.4, 0.5) is 11.8 Å². The summed E-state index contributed by atoms with van der Waals surface area (Å²) in [6, 6.07) is 3.29. The maximum atomic E-state index is 12.2. The molecule has 1 aromatic heterocycles. The summed E-state index contributed by atoms with van der Waals surface area (Å²) >= 11 is 0. The molecule has 1 saturated heterocycles. The number of rotatable bonds is 7. The zero-order valence-electron chi connectivity index (χ0n) is 14.2. The quantitative estimate of drug-likeness (QED) is 0.711. The first-order chi connectivity index (χ1) is 11.6. The lowest BCUT2D eigenvalue weighted by Crippen LogP contribution is -2.41. The van der Waals surface area contributed by atoms with E-state index in [1.165, 1.54) is 0 Å². The molecule has 0 unspecified atom stereocenters. The number of nitrogens with zero attached hydrogens (tertiary/aromatic N) is 4. The molecule has 1 atom stereocenters. The average molecular weight is 332 g/mol. The van der Waals surface area contributed by atoms with Crippen molar-refractivity contribution in [2.45, 2.75) is 26.3 Å². The number of anilines is 2. The molecule has 130 valence electrons. The van der Waals surface area contributed by atoms with Crippen molar-refractivity contribution in [3.8, 4) is 6.07 Å². The summed E-state index contributed by atoms with van der Waals surface area (Å²) in [6.07, 6.45) is 2.31. The Morgan fingerprint density at radius 2 is 2.21 bits per heavy atom. The minimum absolute atomic E-state index is 0.0101. The zero-order chi connectivity index (χ0) is 17.4.